The summed E-state index contributed by atoms with van der Waals surface area (Å²) >= 11 is 0. The number of pyridine rings is 1. The maximum absolute atomic E-state index is 11.2. The van der Waals surface area contributed by atoms with Gasteiger partial charge in [0.15, 0.2) is 0 Å². The molecule has 1 aromatic carbocycles. The van der Waals surface area contributed by atoms with Gasteiger partial charge in [0.2, 0.25) is 5.91 Å². The van der Waals surface area contributed by atoms with Gasteiger partial charge in [0.1, 0.15) is 0 Å². The number of nitrogens with one attached hydrogen (secondary N) is 1. The predicted octanol–water partition coefficient (Wildman–Crippen LogP) is 2.41. The fourth-order valence-corrected chi connectivity index (χ4v) is 1.76. The summed E-state index contributed by atoms with van der Waals surface area (Å²) in [7, 11) is 0. The number of aromatic nitrogens is 1. The zero-order chi connectivity index (χ0) is 13.8. The molecule has 0 saturated heterocycles. The molecule has 0 atom stereocenters. The number of carboxylic acids is 1. The van der Waals surface area contributed by atoms with Crippen molar-refractivity contribution in [2.75, 3.05) is 5.32 Å². The van der Waals surface area contributed by atoms with Gasteiger partial charge in [-0.2, -0.15) is 0 Å². The van der Waals surface area contributed by atoms with Crippen molar-refractivity contribution in [1.29, 1.82) is 0 Å². The summed E-state index contributed by atoms with van der Waals surface area (Å²) < 4.78 is 0. The van der Waals surface area contributed by atoms with Crippen LogP contribution in [-0.2, 0) is 4.79 Å². The van der Waals surface area contributed by atoms with Crippen LogP contribution in [0.3, 0.4) is 0 Å². The topological polar surface area (TPSA) is 79.3 Å². The standard InChI is InChI=1S/C14H12N2O3/c1-9(17)16-13-11(14(18)19)7-8-15-12(13)10-5-3-2-4-6-10/h2-8H,1H3,(H,16,17)(H,18,19). The van der Waals surface area contributed by atoms with Gasteiger partial charge < -0.3 is 10.4 Å². The van der Waals surface area contributed by atoms with Crippen LogP contribution >= 0.6 is 0 Å². The Morgan fingerprint density at radius 1 is 1.16 bits per heavy atom. The van der Waals surface area contributed by atoms with Gasteiger partial charge in [0.25, 0.3) is 0 Å². The van der Waals surface area contributed by atoms with Gasteiger partial charge in [-0.25, -0.2) is 4.79 Å². The van der Waals surface area contributed by atoms with Gasteiger partial charge in [-0.15, -0.1) is 0 Å². The molecule has 5 nitrogen and oxygen atoms in total. The molecule has 0 unspecified atom stereocenters. The Labute approximate surface area is 109 Å². The van der Waals surface area contributed by atoms with E-state index >= 15 is 0 Å². The van der Waals surface area contributed by atoms with Crippen LogP contribution in [0.25, 0.3) is 11.3 Å². The van der Waals surface area contributed by atoms with Crippen LogP contribution in [0.1, 0.15) is 17.3 Å². The molecule has 5 heteroatoms. The second kappa shape index (κ2) is 5.30. The summed E-state index contributed by atoms with van der Waals surface area (Å²) in [5.41, 5.74) is 1.42. The summed E-state index contributed by atoms with van der Waals surface area (Å²) in [5.74, 6) is -1.45. The van der Waals surface area contributed by atoms with E-state index in [1.54, 1.807) is 12.1 Å². The van der Waals surface area contributed by atoms with Crippen LogP contribution in [-0.4, -0.2) is 22.0 Å². The van der Waals surface area contributed by atoms with Crippen LogP contribution in [0.4, 0.5) is 5.69 Å². The number of hydrogen-bond acceptors (Lipinski definition) is 3. The molecule has 0 aliphatic rings. The Hall–Kier alpha value is -2.69. The third-order valence-electron chi connectivity index (χ3n) is 2.53. The molecule has 19 heavy (non-hydrogen) atoms. The fraction of sp³-hybridized carbons (Fsp3) is 0.0714. The first-order valence-corrected chi connectivity index (χ1v) is 5.65. The molecule has 0 fully saturated rings. The summed E-state index contributed by atoms with van der Waals surface area (Å²) in [4.78, 5) is 26.6. The van der Waals surface area contributed by atoms with Crippen molar-refractivity contribution in [3.8, 4) is 11.3 Å². The van der Waals surface area contributed by atoms with Crippen molar-refractivity contribution in [3.63, 3.8) is 0 Å². The molecule has 0 bridgehead atoms. The van der Waals surface area contributed by atoms with E-state index in [9.17, 15) is 14.7 Å². The average Bonchev–Trinajstić information content (AvgIpc) is 2.39. The third kappa shape index (κ3) is 2.77. The van der Waals surface area contributed by atoms with Crippen molar-refractivity contribution < 1.29 is 14.7 Å². The highest BCUT2D eigenvalue weighted by Gasteiger charge is 2.17. The molecule has 0 radical (unpaired) electrons. The number of rotatable bonds is 3. The van der Waals surface area contributed by atoms with Crippen LogP contribution in [0.15, 0.2) is 42.6 Å². The number of hydrogen-bond donors (Lipinski definition) is 2. The van der Waals surface area contributed by atoms with E-state index in [-0.39, 0.29) is 17.2 Å². The number of aromatic carboxylic acids is 1. The van der Waals surface area contributed by atoms with Gasteiger partial charge >= 0.3 is 5.97 Å². The van der Waals surface area contributed by atoms with E-state index in [1.807, 2.05) is 18.2 Å². The number of carbonyl (C=O) groups is 2. The number of anilines is 1. The highest BCUT2D eigenvalue weighted by molar-refractivity contribution is 6.03. The number of carbonyl (C=O) groups excluding carboxylic acids is 1. The van der Waals surface area contributed by atoms with Crippen molar-refractivity contribution >= 4 is 17.6 Å². The second-order valence-electron chi connectivity index (χ2n) is 3.93. The number of amides is 1. The highest BCUT2D eigenvalue weighted by atomic mass is 16.4. The Kier molecular flexibility index (Phi) is 3.56. The molecule has 1 aromatic heterocycles. The minimum Gasteiger partial charge on any atom is -0.478 e. The number of carboxylic acid groups (broad SMARTS) is 1. The molecule has 1 heterocycles. The Balaban J connectivity index is 2.63. The molecule has 2 N–H and O–H groups in total. The first-order valence-electron chi connectivity index (χ1n) is 5.65. The van der Waals surface area contributed by atoms with Gasteiger partial charge in [-0.3, -0.25) is 9.78 Å². The molecule has 0 spiro atoms. The van der Waals surface area contributed by atoms with Crippen LogP contribution in [0.5, 0.6) is 0 Å². The molecular formula is C14H12N2O3. The molecule has 2 rings (SSSR count). The molecule has 0 aliphatic heterocycles. The summed E-state index contributed by atoms with van der Waals surface area (Å²) in [6, 6.07) is 10.5. The number of nitrogens with zero attached hydrogens (tertiary/aromatic N) is 1. The third-order valence-corrected chi connectivity index (χ3v) is 2.53. The quantitative estimate of drug-likeness (QED) is 0.883. The molecule has 96 valence electrons. The van der Waals surface area contributed by atoms with E-state index in [2.05, 4.69) is 10.3 Å². The van der Waals surface area contributed by atoms with E-state index in [4.69, 9.17) is 0 Å². The van der Waals surface area contributed by atoms with E-state index in [1.165, 1.54) is 19.2 Å². The molecule has 0 saturated carbocycles. The largest absolute Gasteiger partial charge is 0.478 e. The monoisotopic (exact) mass is 256 g/mol. The minimum atomic E-state index is -1.11. The zero-order valence-corrected chi connectivity index (χ0v) is 10.3. The predicted molar refractivity (Wildman–Crippen MR) is 70.9 cm³/mol. The highest BCUT2D eigenvalue weighted by Crippen LogP contribution is 2.28. The minimum absolute atomic E-state index is 0.0176. The fourth-order valence-electron chi connectivity index (χ4n) is 1.76. The maximum atomic E-state index is 11.2. The summed E-state index contributed by atoms with van der Waals surface area (Å²) in [6.07, 6.45) is 1.41. The van der Waals surface area contributed by atoms with Crippen molar-refractivity contribution in [1.82, 2.24) is 4.98 Å². The average molecular weight is 256 g/mol. The molecular weight excluding hydrogens is 244 g/mol. The lowest BCUT2D eigenvalue weighted by Crippen LogP contribution is -2.12. The molecule has 1 amide bonds. The summed E-state index contributed by atoms with van der Waals surface area (Å²) in [5, 5.41) is 11.7. The Bertz CT molecular complexity index is 624. The lowest BCUT2D eigenvalue weighted by atomic mass is 10.1. The van der Waals surface area contributed by atoms with Crippen LogP contribution < -0.4 is 5.32 Å². The lowest BCUT2D eigenvalue weighted by Gasteiger charge is -2.11. The van der Waals surface area contributed by atoms with Crippen molar-refractivity contribution in [2.24, 2.45) is 0 Å². The van der Waals surface area contributed by atoms with E-state index < -0.39 is 5.97 Å². The first kappa shape index (κ1) is 12.8. The first-order chi connectivity index (χ1) is 9.09. The normalized spacial score (nSPS) is 9.95. The zero-order valence-electron chi connectivity index (χ0n) is 10.3. The number of benzene rings is 1. The van der Waals surface area contributed by atoms with Gasteiger partial charge in [-0.05, 0) is 6.07 Å². The van der Waals surface area contributed by atoms with Crippen molar-refractivity contribution in [3.05, 3.63) is 48.2 Å². The maximum Gasteiger partial charge on any atom is 0.337 e. The molecule has 0 aliphatic carbocycles. The smallest absolute Gasteiger partial charge is 0.337 e. The van der Waals surface area contributed by atoms with Gasteiger partial charge in [0, 0.05) is 18.7 Å². The van der Waals surface area contributed by atoms with Crippen LogP contribution in [0, 0.1) is 0 Å². The lowest BCUT2D eigenvalue weighted by molar-refractivity contribution is -0.114. The van der Waals surface area contributed by atoms with Gasteiger partial charge in [-0.1, -0.05) is 30.3 Å². The summed E-state index contributed by atoms with van der Waals surface area (Å²) in [6.45, 7) is 1.33. The van der Waals surface area contributed by atoms with Crippen molar-refractivity contribution in [2.45, 2.75) is 6.92 Å². The second-order valence-corrected chi connectivity index (χ2v) is 3.93. The SMILES string of the molecule is CC(=O)Nc1c(C(=O)O)ccnc1-c1ccccc1. The Morgan fingerprint density at radius 3 is 2.42 bits per heavy atom. The van der Waals surface area contributed by atoms with Crippen LogP contribution in [0.2, 0.25) is 0 Å². The van der Waals surface area contributed by atoms with E-state index in [0.29, 0.717) is 5.69 Å². The Morgan fingerprint density at radius 2 is 1.84 bits per heavy atom. The molecule has 2 aromatic rings. The van der Waals surface area contributed by atoms with E-state index in [0.717, 1.165) is 5.56 Å². The van der Waals surface area contributed by atoms with Gasteiger partial charge in [0.05, 0.1) is 16.9 Å².